The van der Waals surface area contributed by atoms with Crippen molar-refractivity contribution in [1.29, 1.82) is 0 Å². The van der Waals surface area contributed by atoms with E-state index in [1.54, 1.807) is 27.7 Å². The zero-order valence-electron chi connectivity index (χ0n) is 12.6. The molecule has 0 aliphatic rings. The highest BCUT2D eigenvalue weighted by molar-refractivity contribution is 7.92. The molecule has 0 bridgehead atoms. The van der Waals surface area contributed by atoms with Crippen LogP contribution in [-0.2, 0) is 27.0 Å². The molecule has 1 rings (SSSR count). The first-order chi connectivity index (χ1) is 9.64. The summed E-state index contributed by atoms with van der Waals surface area (Å²) in [6.07, 6.45) is 0. The van der Waals surface area contributed by atoms with Gasteiger partial charge in [0.2, 0.25) is 0 Å². The molecule has 0 radical (unpaired) electrons. The predicted octanol–water partition coefficient (Wildman–Crippen LogP) is 1.41. The van der Waals surface area contributed by atoms with Crippen LogP contribution in [0.15, 0.2) is 0 Å². The number of nitrogens with zero attached hydrogens (tertiary/aromatic N) is 3. The summed E-state index contributed by atoms with van der Waals surface area (Å²) in [5, 5.41) is 7.52. The quantitative estimate of drug-likeness (QED) is 0.575. The number of halogens is 1. The third-order valence-corrected chi connectivity index (χ3v) is 5.78. The van der Waals surface area contributed by atoms with Crippen LogP contribution >= 0.6 is 11.6 Å². The lowest BCUT2D eigenvalue weighted by Gasteiger charge is -2.19. The topological polar surface area (TPSA) is 91.2 Å². The number of aryl methyl sites for hydroxylation is 1. The van der Waals surface area contributed by atoms with Gasteiger partial charge in [0.15, 0.2) is 15.5 Å². The minimum absolute atomic E-state index is 0.00326. The standard InChI is InChI=1S/C12H20ClN3O4S/c1-5-20-11(17)10-9(8-13)16(15-14-10)6-7-21(18,19)12(2,3)4/h5-8H2,1-4H3. The van der Waals surface area contributed by atoms with E-state index >= 15 is 0 Å². The normalized spacial score (nSPS) is 12.4. The molecule has 7 nitrogen and oxygen atoms in total. The van der Waals surface area contributed by atoms with E-state index in [1.807, 2.05) is 0 Å². The zero-order chi connectivity index (χ0) is 16.3. The second-order valence-electron chi connectivity index (χ2n) is 5.39. The first-order valence-corrected chi connectivity index (χ1v) is 8.70. The van der Waals surface area contributed by atoms with Gasteiger partial charge in [-0.2, -0.15) is 0 Å². The summed E-state index contributed by atoms with van der Waals surface area (Å²) in [7, 11) is -3.29. The summed E-state index contributed by atoms with van der Waals surface area (Å²) in [4.78, 5) is 11.7. The summed E-state index contributed by atoms with van der Waals surface area (Å²) in [5.41, 5.74) is 0.388. The Hall–Kier alpha value is -1.15. The van der Waals surface area contributed by atoms with E-state index < -0.39 is 20.6 Å². The number of sulfone groups is 1. The van der Waals surface area contributed by atoms with E-state index in [0.29, 0.717) is 5.69 Å². The highest BCUT2D eigenvalue weighted by Crippen LogP contribution is 2.17. The van der Waals surface area contributed by atoms with Crippen molar-refractivity contribution in [3.05, 3.63) is 11.4 Å². The summed E-state index contributed by atoms with van der Waals surface area (Å²) < 4.78 is 29.5. The Bertz CT molecular complexity index is 605. The van der Waals surface area contributed by atoms with Crippen LogP contribution in [0.1, 0.15) is 43.9 Å². The van der Waals surface area contributed by atoms with Crippen molar-refractivity contribution in [2.75, 3.05) is 12.4 Å². The SMILES string of the molecule is CCOC(=O)c1nnn(CCS(=O)(=O)C(C)(C)C)c1CCl. The Balaban J connectivity index is 2.94. The van der Waals surface area contributed by atoms with Gasteiger partial charge in [-0.3, -0.25) is 0 Å². The van der Waals surface area contributed by atoms with E-state index in [0.717, 1.165) is 0 Å². The van der Waals surface area contributed by atoms with Gasteiger partial charge in [-0.1, -0.05) is 5.21 Å². The fourth-order valence-electron chi connectivity index (χ4n) is 1.52. The predicted molar refractivity (Wildman–Crippen MR) is 79.1 cm³/mol. The molecule has 0 spiro atoms. The summed E-state index contributed by atoms with van der Waals surface area (Å²) >= 11 is 5.80. The number of hydrogen-bond donors (Lipinski definition) is 0. The maximum Gasteiger partial charge on any atom is 0.360 e. The Morgan fingerprint density at radius 2 is 2.00 bits per heavy atom. The van der Waals surface area contributed by atoms with Crippen LogP contribution in [0.25, 0.3) is 0 Å². The van der Waals surface area contributed by atoms with E-state index in [9.17, 15) is 13.2 Å². The van der Waals surface area contributed by atoms with Gasteiger partial charge in [-0.15, -0.1) is 16.7 Å². The molecule has 21 heavy (non-hydrogen) atoms. The number of ether oxygens (including phenoxy) is 1. The maximum absolute atomic E-state index is 12.1. The van der Waals surface area contributed by atoms with Gasteiger partial charge >= 0.3 is 5.97 Å². The average Bonchev–Trinajstić information content (AvgIpc) is 2.78. The number of rotatable bonds is 6. The molecule has 9 heteroatoms. The van der Waals surface area contributed by atoms with Crippen LogP contribution in [0.5, 0.6) is 0 Å². The Labute approximate surface area is 129 Å². The molecule has 0 atom stereocenters. The molecular weight excluding hydrogens is 318 g/mol. The van der Waals surface area contributed by atoms with Crippen LogP contribution < -0.4 is 0 Å². The highest BCUT2D eigenvalue weighted by Gasteiger charge is 2.29. The lowest BCUT2D eigenvalue weighted by Crippen LogP contribution is -2.32. The number of carbonyl (C=O) groups excluding carboxylic acids is 1. The van der Waals surface area contributed by atoms with Crippen molar-refractivity contribution in [1.82, 2.24) is 15.0 Å². The number of esters is 1. The van der Waals surface area contributed by atoms with Crippen molar-refractivity contribution in [3.63, 3.8) is 0 Å². The van der Waals surface area contributed by atoms with Crippen LogP contribution in [0, 0.1) is 0 Å². The second-order valence-corrected chi connectivity index (χ2v) is 8.52. The monoisotopic (exact) mass is 337 g/mol. The Morgan fingerprint density at radius 1 is 1.38 bits per heavy atom. The van der Waals surface area contributed by atoms with Gasteiger partial charge in [-0.05, 0) is 27.7 Å². The number of aromatic nitrogens is 3. The summed E-state index contributed by atoms with van der Waals surface area (Å²) in [6, 6.07) is 0. The fourth-order valence-corrected chi connectivity index (χ4v) is 2.81. The van der Waals surface area contributed by atoms with Gasteiger partial charge in [0.1, 0.15) is 0 Å². The Morgan fingerprint density at radius 3 is 2.48 bits per heavy atom. The zero-order valence-corrected chi connectivity index (χ0v) is 14.2. The van der Waals surface area contributed by atoms with Crippen molar-refractivity contribution in [2.24, 2.45) is 0 Å². The molecule has 1 aromatic rings. The summed E-state index contributed by atoms with van der Waals surface area (Å²) in [5.74, 6) is -0.721. The van der Waals surface area contributed by atoms with E-state index in [1.165, 1.54) is 4.68 Å². The molecule has 0 aliphatic heterocycles. The Kier molecular flexibility index (Phi) is 5.75. The molecule has 1 aromatic heterocycles. The van der Waals surface area contributed by atoms with Crippen molar-refractivity contribution >= 4 is 27.4 Å². The molecule has 120 valence electrons. The first-order valence-electron chi connectivity index (χ1n) is 6.51. The van der Waals surface area contributed by atoms with Crippen LogP contribution in [0.3, 0.4) is 0 Å². The van der Waals surface area contributed by atoms with Crippen molar-refractivity contribution in [2.45, 2.75) is 44.9 Å². The number of hydrogen-bond acceptors (Lipinski definition) is 6. The largest absolute Gasteiger partial charge is 0.461 e. The number of carbonyl (C=O) groups is 1. The van der Waals surface area contributed by atoms with Crippen LogP contribution in [0.2, 0.25) is 0 Å². The van der Waals surface area contributed by atoms with Gasteiger partial charge in [-0.25, -0.2) is 17.9 Å². The molecule has 0 amide bonds. The van der Waals surface area contributed by atoms with Gasteiger partial charge in [0, 0.05) is 0 Å². The minimum Gasteiger partial charge on any atom is -0.461 e. The minimum atomic E-state index is -3.29. The van der Waals surface area contributed by atoms with Crippen LogP contribution in [-0.4, -0.2) is 46.5 Å². The fraction of sp³-hybridized carbons (Fsp3) is 0.750. The van der Waals surface area contributed by atoms with Crippen molar-refractivity contribution < 1.29 is 17.9 Å². The first kappa shape index (κ1) is 17.9. The number of alkyl halides is 1. The molecule has 0 unspecified atom stereocenters. The third-order valence-electron chi connectivity index (χ3n) is 2.94. The molecule has 0 saturated heterocycles. The van der Waals surface area contributed by atoms with E-state index in [2.05, 4.69) is 10.3 Å². The molecule has 0 saturated carbocycles. The maximum atomic E-state index is 12.1. The molecule has 1 heterocycles. The lowest BCUT2D eigenvalue weighted by molar-refractivity contribution is 0.0518. The second kappa shape index (κ2) is 6.74. The average molecular weight is 338 g/mol. The van der Waals surface area contributed by atoms with E-state index in [-0.39, 0.29) is 30.5 Å². The molecular formula is C12H20ClN3O4S. The molecule has 0 aromatic carbocycles. The van der Waals surface area contributed by atoms with E-state index in [4.69, 9.17) is 16.3 Å². The van der Waals surface area contributed by atoms with Gasteiger partial charge < -0.3 is 4.74 Å². The van der Waals surface area contributed by atoms with Gasteiger partial charge in [0.05, 0.1) is 35.2 Å². The third kappa shape index (κ3) is 4.16. The molecule has 0 fully saturated rings. The molecule has 0 aliphatic carbocycles. The van der Waals surface area contributed by atoms with Crippen molar-refractivity contribution in [3.8, 4) is 0 Å². The van der Waals surface area contributed by atoms with Gasteiger partial charge in [0.25, 0.3) is 0 Å². The smallest absolute Gasteiger partial charge is 0.360 e. The summed E-state index contributed by atoms with van der Waals surface area (Å²) in [6.45, 7) is 6.89. The highest BCUT2D eigenvalue weighted by atomic mass is 35.5. The lowest BCUT2D eigenvalue weighted by atomic mass is 10.3. The molecule has 0 N–H and O–H groups in total. The van der Waals surface area contributed by atoms with Crippen LogP contribution in [0.4, 0.5) is 0 Å².